The maximum atomic E-state index is 12.0. The van der Waals surface area contributed by atoms with Gasteiger partial charge in [-0.1, -0.05) is 42.4 Å². The van der Waals surface area contributed by atoms with Gasteiger partial charge in [-0.25, -0.2) is 8.42 Å². The summed E-state index contributed by atoms with van der Waals surface area (Å²) in [7, 11) is -3.19. The summed E-state index contributed by atoms with van der Waals surface area (Å²) in [5, 5.41) is 3.72. The largest absolute Gasteiger partial charge is 0.339 e. The second kappa shape index (κ2) is 7.36. The van der Waals surface area contributed by atoms with E-state index in [2.05, 4.69) is 10.1 Å². The predicted molar refractivity (Wildman–Crippen MR) is 80.5 cm³/mol. The van der Waals surface area contributed by atoms with E-state index < -0.39 is 9.84 Å². The molecule has 0 amide bonds. The molecule has 6 heteroatoms. The van der Waals surface area contributed by atoms with Crippen LogP contribution in [0.2, 0.25) is 0 Å². The number of aryl methyl sites for hydroxylation is 2. The first-order chi connectivity index (χ1) is 10.1. The van der Waals surface area contributed by atoms with Crippen LogP contribution in [0.25, 0.3) is 0 Å². The third kappa shape index (κ3) is 5.30. The summed E-state index contributed by atoms with van der Waals surface area (Å²) in [5.41, 5.74) is 1.15. The molecule has 2 aromatic rings. The van der Waals surface area contributed by atoms with Crippen LogP contribution in [0.15, 0.2) is 34.9 Å². The van der Waals surface area contributed by atoms with Gasteiger partial charge < -0.3 is 4.52 Å². The molecule has 21 heavy (non-hydrogen) atoms. The Labute approximate surface area is 125 Å². The smallest absolute Gasteiger partial charge is 0.226 e. The molecule has 1 heterocycles. The Morgan fingerprint density at radius 3 is 2.62 bits per heavy atom. The molecule has 1 aromatic carbocycles. The normalized spacial score (nSPS) is 11.7. The van der Waals surface area contributed by atoms with Crippen molar-refractivity contribution in [1.29, 1.82) is 0 Å². The Bertz CT molecular complexity index is 651. The molecule has 0 aliphatic carbocycles. The van der Waals surface area contributed by atoms with Gasteiger partial charge >= 0.3 is 0 Å². The van der Waals surface area contributed by atoms with Gasteiger partial charge in [0.2, 0.25) is 5.89 Å². The molecule has 0 fully saturated rings. The SMILES string of the molecule is CCCc1nc(CS(=O)(=O)CCCc2ccccc2)no1. The van der Waals surface area contributed by atoms with E-state index in [1.54, 1.807) is 0 Å². The average molecular weight is 308 g/mol. The molecule has 0 unspecified atom stereocenters. The van der Waals surface area contributed by atoms with E-state index in [1.807, 2.05) is 37.3 Å². The number of nitrogens with zero attached hydrogens (tertiary/aromatic N) is 2. The maximum absolute atomic E-state index is 12.0. The lowest BCUT2D eigenvalue weighted by Crippen LogP contribution is -2.11. The van der Waals surface area contributed by atoms with Gasteiger partial charge in [-0.15, -0.1) is 0 Å². The number of aromatic nitrogens is 2. The minimum absolute atomic E-state index is 0.138. The molecule has 0 atom stereocenters. The molecule has 0 radical (unpaired) electrons. The maximum Gasteiger partial charge on any atom is 0.226 e. The predicted octanol–water partition coefficient (Wildman–Crippen LogP) is 2.57. The van der Waals surface area contributed by atoms with Gasteiger partial charge in [-0.2, -0.15) is 4.98 Å². The fourth-order valence-electron chi connectivity index (χ4n) is 2.07. The molecule has 0 aliphatic rings. The number of rotatable bonds is 8. The second-order valence-corrected chi connectivity index (χ2v) is 7.22. The van der Waals surface area contributed by atoms with Crippen LogP contribution in [0.5, 0.6) is 0 Å². The summed E-state index contributed by atoms with van der Waals surface area (Å²) in [6, 6.07) is 9.87. The van der Waals surface area contributed by atoms with Gasteiger partial charge in [0, 0.05) is 6.42 Å². The number of sulfone groups is 1. The monoisotopic (exact) mass is 308 g/mol. The first kappa shape index (κ1) is 15.7. The Morgan fingerprint density at radius 2 is 1.90 bits per heavy atom. The minimum atomic E-state index is -3.19. The van der Waals surface area contributed by atoms with Crippen LogP contribution in [0.4, 0.5) is 0 Å². The Hall–Kier alpha value is -1.69. The first-order valence-corrected chi connectivity index (χ1v) is 8.97. The highest BCUT2D eigenvalue weighted by Gasteiger charge is 2.16. The molecule has 0 spiro atoms. The van der Waals surface area contributed by atoms with Crippen molar-refractivity contribution in [3.05, 3.63) is 47.6 Å². The van der Waals surface area contributed by atoms with Crippen LogP contribution in [-0.2, 0) is 28.4 Å². The number of benzene rings is 1. The first-order valence-electron chi connectivity index (χ1n) is 7.15. The molecule has 0 bridgehead atoms. The zero-order chi connectivity index (χ0) is 15.1. The third-order valence-electron chi connectivity index (χ3n) is 3.09. The summed E-state index contributed by atoms with van der Waals surface area (Å²) in [6.07, 6.45) is 2.94. The number of hydrogen-bond donors (Lipinski definition) is 0. The fraction of sp³-hybridized carbons (Fsp3) is 0.467. The molecular formula is C15H20N2O3S. The molecule has 0 saturated heterocycles. The van der Waals surface area contributed by atoms with Crippen molar-refractivity contribution in [2.24, 2.45) is 0 Å². The molecule has 114 valence electrons. The van der Waals surface area contributed by atoms with Crippen molar-refractivity contribution in [2.75, 3.05) is 5.75 Å². The van der Waals surface area contributed by atoms with Gasteiger partial charge in [0.1, 0.15) is 5.75 Å². The Balaban J connectivity index is 1.83. The van der Waals surface area contributed by atoms with Crippen LogP contribution in [0.3, 0.4) is 0 Å². The summed E-state index contributed by atoms with van der Waals surface area (Å²) in [6.45, 7) is 2.00. The van der Waals surface area contributed by atoms with E-state index in [1.165, 1.54) is 0 Å². The van der Waals surface area contributed by atoms with E-state index in [9.17, 15) is 8.42 Å². The van der Waals surface area contributed by atoms with Crippen molar-refractivity contribution in [2.45, 2.75) is 38.4 Å². The van der Waals surface area contributed by atoms with E-state index >= 15 is 0 Å². The highest BCUT2D eigenvalue weighted by Crippen LogP contribution is 2.09. The van der Waals surface area contributed by atoms with E-state index in [0.717, 1.165) is 18.4 Å². The summed E-state index contributed by atoms with van der Waals surface area (Å²) in [4.78, 5) is 4.09. The second-order valence-electron chi connectivity index (χ2n) is 5.04. The van der Waals surface area contributed by atoms with Crippen molar-refractivity contribution in [3.63, 3.8) is 0 Å². The van der Waals surface area contributed by atoms with Crippen molar-refractivity contribution in [1.82, 2.24) is 10.1 Å². The van der Waals surface area contributed by atoms with Gasteiger partial charge in [0.15, 0.2) is 15.7 Å². The van der Waals surface area contributed by atoms with Gasteiger partial charge in [-0.3, -0.25) is 0 Å². The van der Waals surface area contributed by atoms with Gasteiger partial charge in [-0.05, 0) is 24.8 Å². The number of hydrogen-bond acceptors (Lipinski definition) is 5. The van der Waals surface area contributed by atoms with E-state index in [4.69, 9.17) is 4.52 Å². The van der Waals surface area contributed by atoms with Crippen LogP contribution in [0, 0.1) is 0 Å². The Kier molecular flexibility index (Phi) is 5.50. The third-order valence-corrected chi connectivity index (χ3v) is 4.70. The molecule has 2 rings (SSSR count). The van der Waals surface area contributed by atoms with Crippen LogP contribution < -0.4 is 0 Å². The molecule has 5 nitrogen and oxygen atoms in total. The van der Waals surface area contributed by atoms with Crippen LogP contribution >= 0.6 is 0 Å². The van der Waals surface area contributed by atoms with Crippen LogP contribution in [-0.4, -0.2) is 24.3 Å². The zero-order valence-electron chi connectivity index (χ0n) is 12.2. The molecule has 1 aromatic heterocycles. The molecule has 0 aliphatic heterocycles. The van der Waals surface area contributed by atoms with Crippen molar-refractivity contribution >= 4 is 9.84 Å². The zero-order valence-corrected chi connectivity index (χ0v) is 13.0. The van der Waals surface area contributed by atoms with E-state index in [-0.39, 0.29) is 17.3 Å². The lowest BCUT2D eigenvalue weighted by Gasteiger charge is -2.02. The lowest BCUT2D eigenvalue weighted by atomic mass is 10.1. The summed E-state index contributed by atoms with van der Waals surface area (Å²) >= 11 is 0. The minimum Gasteiger partial charge on any atom is -0.339 e. The van der Waals surface area contributed by atoms with Crippen molar-refractivity contribution in [3.8, 4) is 0 Å². The lowest BCUT2D eigenvalue weighted by molar-refractivity contribution is 0.373. The summed E-state index contributed by atoms with van der Waals surface area (Å²) in [5.74, 6) is 0.763. The van der Waals surface area contributed by atoms with Crippen LogP contribution in [0.1, 0.15) is 37.0 Å². The van der Waals surface area contributed by atoms with Gasteiger partial charge in [0.25, 0.3) is 0 Å². The molecule has 0 N–H and O–H groups in total. The quantitative estimate of drug-likeness (QED) is 0.749. The van der Waals surface area contributed by atoms with Crippen molar-refractivity contribution < 1.29 is 12.9 Å². The summed E-state index contributed by atoms with van der Waals surface area (Å²) < 4.78 is 29.1. The molecular weight excluding hydrogens is 288 g/mol. The average Bonchev–Trinajstić information content (AvgIpc) is 2.86. The standard InChI is InChI=1S/C15H20N2O3S/c1-2-7-15-16-14(17-20-15)12-21(18,19)11-6-10-13-8-4-3-5-9-13/h3-5,8-9H,2,6-7,10-12H2,1H3. The van der Waals surface area contributed by atoms with Gasteiger partial charge in [0.05, 0.1) is 5.75 Å². The fourth-order valence-corrected chi connectivity index (χ4v) is 3.31. The topological polar surface area (TPSA) is 73.1 Å². The molecule has 0 saturated carbocycles. The highest BCUT2D eigenvalue weighted by atomic mass is 32.2. The van der Waals surface area contributed by atoms with E-state index in [0.29, 0.717) is 18.7 Å². The Morgan fingerprint density at radius 1 is 1.14 bits per heavy atom. The highest BCUT2D eigenvalue weighted by molar-refractivity contribution is 7.90.